The fourth-order valence-electron chi connectivity index (χ4n) is 4.13. The zero-order chi connectivity index (χ0) is 23.1. The second-order valence-corrected chi connectivity index (χ2v) is 8.51. The molecular formula is C26H40O5. The van der Waals surface area contributed by atoms with Crippen LogP contribution in [0.15, 0.2) is 18.2 Å². The summed E-state index contributed by atoms with van der Waals surface area (Å²) >= 11 is 0. The van der Waals surface area contributed by atoms with Gasteiger partial charge >= 0.3 is 11.9 Å². The van der Waals surface area contributed by atoms with Crippen LogP contribution in [-0.2, 0) is 0 Å². The number of hydrogen-bond acceptors (Lipinski definition) is 3. The zero-order valence-electron chi connectivity index (χ0n) is 19.3. The molecule has 5 heteroatoms. The summed E-state index contributed by atoms with van der Waals surface area (Å²) in [6, 6.07) is 4.18. The summed E-state index contributed by atoms with van der Waals surface area (Å²) in [5.74, 6) is -3.16. The van der Waals surface area contributed by atoms with Gasteiger partial charge in [0, 0.05) is 11.5 Å². The maximum atomic E-state index is 13.3. The van der Waals surface area contributed by atoms with Crippen LogP contribution in [0.4, 0.5) is 0 Å². The van der Waals surface area contributed by atoms with E-state index in [4.69, 9.17) is 0 Å². The van der Waals surface area contributed by atoms with Crippen molar-refractivity contribution in [1.82, 2.24) is 0 Å². The Balaban J connectivity index is 2.89. The molecule has 2 N–H and O–H groups in total. The molecule has 0 aliphatic carbocycles. The lowest BCUT2D eigenvalue weighted by molar-refractivity contribution is 0.0648. The molecule has 0 saturated carbocycles. The van der Waals surface area contributed by atoms with Crippen molar-refractivity contribution in [2.45, 2.75) is 104 Å². The lowest BCUT2D eigenvalue weighted by Crippen LogP contribution is -2.21. The van der Waals surface area contributed by atoms with Crippen LogP contribution in [0.3, 0.4) is 0 Å². The molecule has 174 valence electrons. The van der Waals surface area contributed by atoms with Crippen molar-refractivity contribution in [3.63, 3.8) is 0 Å². The van der Waals surface area contributed by atoms with E-state index in [1.165, 1.54) is 56.7 Å². The van der Waals surface area contributed by atoms with Crippen LogP contribution in [-0.4, -0.2) is 27.9 Å². The minimum Gasteiger partial charge on any atom is -0.478 e. The van der Waals surface area contributed by atoms with E-state index in [1.807, 2.05) is 0 Å². The standard InChI is InChI=1S/C26H40O5/c1-3-5-7-9-11-13-16-20(17-14-12-10-8-6-4-2)24(27)21-18-15-19-22(25(28)29)23(21)26(30)31/h15,18-20H,3-14,16-17H2,1-2H3,(H,28,29)(H,30,31). The first-order valence-corrected chi connectivity index (χ1v) is 12.1. The Morgan fingerprint density at radius 1 is 0.677 bits per heavy atom. The van der Waals surface area contributed by atoms with E-state index in [2.05, 4.69) is 13.8 Å². The van der Waals surface area contributed by atoms with E-state index >= 15 is 0 Å². The topological polar surface area (TPSA) is 91.7 Å². The van der Waals surface area contributed by atoms with Crippen molar-refractivity contribution in [2.75, 3.05) is 0 Å². The summed E-state index contributed by atoms with van der Waals surface area (Å²) in [5.41, 5.74) is -0.665. The Labute approximate surface area is 187 Å². The fourth-order valence-corrected chi connectivity index (χ4v) is 4.13. The Kier molecular flexibility index (Phi) is 13.5. The summed E-state index contributed by atoms with van der Waals surface area (Å²) in [6.07, 6.45) is 15.0. The van der Waals surface area contributed by atoms with Gasteiger partial charge in [0.2, 0.25) is 0 Å². The molecule has 0 aliphatic rings. The Morgan fingerprint density at radius 2 is 1.13 bits per heavy atom. The summed E-state index contributed by atoms with van der Waals surface area (Å²) in [7, 11) is 0. The van der Waals surface area contributed by atoms with Crippen molar-refractivity contribution in [3.8, 4) is 0 Å². The van der Waals surface area contributed by atoms with Crippen molar-refractivity contribution in [2.24, 2.45) is 5.92 Å². The quantitative estimate of drug-likeness (QED) is 0.186. The van der Waals surface area contributed by atoms with Crippen molar-refractivity contribution in [3.05, 3.63) is 34.9 Å². The average molecular weight is 433 g/mol. The van der Waals surface area contributed by atoms with E-state index in [0.717, 1.165) is 51.4 Å². The molecular weight excluding hydrogens is 392 g/mol. The van der Waals surface area contributed by atoms with Gasteiger partial charge in [-0.05, 0) is 18.9 Å². The van der Waals surface area contributed by atoms with Gasteiger partial charge in [0.25, 0.3) is 0 Å². The third-order valence-electron chi connectivity index (χ3n) is 5.96. The maximum absolute atomic E-state index is 13.3. The van der Waals surface area contributed by atoms with Gasteiger partial charge in [-0.15, -0.1) is 0 Å². The smallest absolute Gasteiger partial charge is 0.337 e. The predicted octanol–water partition coefficient (Wildman–Crippen LogP) is 7.38. The number of unbranched alkanes of at least 4 members (excludes halogenated alkanes) is 10. The van der Waals surface area contributed by atoms with Gasteiger partial charge in [-0.2, -0.15) is 0 Å². The van der Waals surface area contributed by atoms with Crippen LogP contribution in [0, 0.1) is 5.92 Å². The van der Waals surface area contributed by atoms with E-state index in [0.29, 0.717) is 0 Å². The number of benzene rings is 1. The molecule has 1 aromatic carbocycles. The van der Waals surface area contributed by atoms with Crippen molar-refractivity contribution < 1.29 is 24.6 Å². The van der Waals surface area contributed by atoms with Crippen LogP contribution in [0.25, 0.3) is 0 Å². The van der Waals surface area contributed by atoms with Crippen LogP contribution in [0.5, 0.6) is 0 Å². The van der Waals surface area contributed by atoms with Gasteiger partial charge < -0.3 is 10.2 Å². The number of carbonyl (C=O) groups excluding carboxylic acids is 1. The van der Waals surface area contributed by atoms with Gasteiger partial charge in [-0.25, -0.2) is 9.59 Å². The molecule has 0 radical (unpaired) electrons. The summed E-state index contributed by atoms with van der Waals surface area (Å²) < 4.78 is 0. The third-order valence-corrected chi connectivity index (χ3v) is 5.96. The van der Waals surface area contributed by atoms with E-state index in [9.17, 15) is 24.6 Å². The molecule has 5 nitrogen and oxygen atoms in total. The second kappa shape index (κ2) is 15.6. The second-order valence-electron chi connectivity index (χ2n) is 8.51. The molecule has 0 bridgehead atoms. The highest BCUT2D eigenvalue weighted by atomic mass is 16.4. The Bertz CT molecular complexity index is 679. The van der Waals surface area contributed by atoms with Crippen LogP contribution in [0.2, 0.25) is 0 Å². The number of Topliss-reactive ketones (excluding diaryl/α,β-unsaturated/α-hetero) is 1. The molecule has 0 unspecified atom stereocenters. The van der Waals surface area contributed by atoms with Crippen LogP contribution in [0.1, 0.15) is 135 Å². The first kappa shape index (κ1) is 26.9. The molecule has 0 saturated heterocycles. The number of carboxylic acid groups (broad SMARTS) is 2. The third kappa shape index (κ3) is 9.67. The molecule has 1 rings (SSSR count). The minimum atomic E-state index is -1.36. The van der Waals surface area contributed by atoms with Crippen molar-refractivity contribution >= 4 is 17.7 Å². The molecule has 0 aliphatic heterocycles. The minimum absolute atomic E-state index is 0.0364. The summed E-state index contributed by atoms with van der Waals surface area (Å²) in [5, 5.41) is 19.0. The van der Waals surface area contributed by atoms with Gasteiger partial charge in [0.1, 0.15) is 0 Å². The molecule has 0 aromatic heterocycles. The Morgan fingerprint density at radius 3 is 1.58 bits per heavy atom. The number of hydrogen-bond donors (Lipinski definition) is 2. The highest BCUT2D eigenvalue weighted by Gasteiger charge is 2.27. The fraction of sp³-hybridized carbons (Fsp3) is 0.654. The number of ketones is 1. The van der Waals surface area contributed by atoms with E-state index in [-0.39, 0.29) is 28.4 Å². The van der Waals surface area contributed by atoms with Crippen LogP contribution < -0.4 is 0 Å². The lowest BCUT2D eigenvalue weighted by Gasteiger charge is -2.18. The van der Waals surface area contributed by atoms with Gasteiger partial charge in [0.05, 0.1) is 11.1 Å². The predicted molar refractivity (Wildman–Crippen MR) is 124 cm³/mol. The molecule has 0 atom stereocenters. The molecule has 0 amide bonds. The monoisotopic (exact) mass is 432 g/mol. The lowest BCUT2D eigenvalue weighted by atomic mass is 9.85. The normalized spacial score (nSPS) is 11.1. The number of carbonyl (C=O) groups is 3. The Hall–Kier alpha value is -2.17. The van der Waals surface area contributed by atoms with Gasteiger partial charge in [-0.3, -0.25) is 4.79 Å². The number of carboxylic acids is 2. The average Bonchev–Trinajstić information content (AvgIpc) is 2.75. The van der Waals surface area contributed by atoms with Gasteiger partial charge in [0.15, 0.2) is 5.78 Å². The van der Waals surface area contributed by atoms with E-state index < -0.39 is 11.9 Å². The maximum Gasteiger partial charge on any atom is 0.337 e. The largest absolute Gasteiger partial charge is 0.478 e. The molecule has 31 heavy (non-hydrogen) atoms. The molecule has 0 heterocycles. The highest BCUT2D eigenvalue weighted by molar-refractivity contribution is 6.11. The number of rotatable bonds is 18. The first-order chi connectivity index (χ1) is 14.9. The molecule has 1 aromatic rings. The van der Waals surface area contributed by atoms with Crippen LogP contribution >= 0.6 is 0 Å². The number of aromatic carboxylic acids is 2. The SMILES string of the molecule is CCCCCCCCC(CCCCCCCC)C(=O)c1cccc(C(=O)O)c1C(=O)O. The molecule has 0 fully saturated rings. The highest BCUT2D eigenvalue weighted by Crippen LogP contribution is 2.26. The summed E-state index contributed by atoms with van der Waals surface area (Å²) in [4.78, 5) is 36.6. The molecule has 0 spiro atoms. The first-order valence-electron chi connectivity index (χ1n) is 12.1. The van der Waals surface area contributed by atoms with Gasteiger partial charge in [-0.1, -0.05) is 103 Å². The zero-order valence-corrected chi connectivity index (χ0v) is 19.3. The summed E-state index contributed by atoms with van der Waals surface area (Å²) in [6.45, 7) is 4.36. The van der Waals surface area contributed by atoms with E-state index in [1.54, 1.807) is 0 Å². The van der Waals surface area contributed by atoms with Crippen molar-refractivity contribution in [1.29, 1.82) is 0 Å².